The van der Waals surface area contributed by atoms with Gasteiger partial charge in [-0.3, -0.25) is 0 Å². The summed E-state index contributed by atoms with van der Waals surface area (Å²) in [6.45, 7) is 0. The maximum Gasteiger partial charge on any atom is 0.337 e. The summed E-state index contributed by atoms with van der Waals surface area (Å²) in [7, 11) is 1.36. The molecule has 0 amide bonds. The lowest BCUT2D eigenvalue weighted by atomic mass is 10.2. The number of nitrogen functional groups attached to an aromatic ring is 1. The molecule has 0 aliphatic rings. The van der Waals surface area contributed by atoms with E-state index >= 15 is 0 Å². The van der Waals surface area contributed by atoms with Crippen LogP contribution in [0.25, 0.3) is 0 Å². The largest absolute Gasteiger partial charge is 0.465 e. The van der Waals surface area contributed by atoms with Gasteiger partial charge in [0.2, 0.25) is 0 Å². The second kappa shape index (κ2) is 6.12. The van der Waals surface area contributed by atoms with Crippen molar-refractivity contribution in [2.24, 2.45) is 0 Å². The molecule has 0 aromatic heterocycles. The topological polar surface area (TPSA) is 52.3 Å². The molecule has 0 atom stereocenters. The second-order valence-corrected chi connectivity index (χ2v) is 5.83. The fraction of sp³-hybridized carbons (Fsp3) is 0.0714. The third kappa shape index (κ3) is 3.52. The number of esters is 1. The smallest absolute Gasteiger partial charge is 0.337 e. The van der Waals surface area contributed by atoms with Gasteiger partial charge in [0.15, 0.2) is 0 Å². The molecule has 98 valence electrons. The zero-order valence-corrected chi connectivity index (χ0v) is 12.6. The number of methoxy groups -OCH3 is 1. The van der Waals surface area contributed by atoms with E-state index in [4.69, 9.17) is 10.5 Å². The first-order chi connectivity index (χ1) is 9.10. The highest BCUT2D eigenvalue weighted by Gasteiger charge is 2.09. The van der Waals surface area contributed by atoms with Gasteiger partial charge in [-0.15, -0.1) is 0 Å². The molecule has 19 heavy (non-hydrogen) atoms. The predicted molar refractivity (Wildman–Crippen MR) is 80.5 cm³/mol. The summed E-state index contributed by atoms with van der Waals surface area (Å²) < 4.78 is 5.70. The highest BCUT2D eigenvalue weighted by atomic mass is 79.9. The molecular formula is C14H12BrNO2S. The Morgan fingerprint density at radius 3 is 2.74 bits per heavy atom. The molecule has 0 saturated carbocycles. The normalized spacial score (nSPS) is 10.2. The monoisotopic (exact) mass is 337 g/mol. The number of hydrogen-bond acceptors (Lipinski definition) is 4. The van der Waals surface area contributed by atoms with Crippen molar-refractivity contribution >= 4 is 39.3 Å². The van der Waals surface area contributed by atoms with Crippen molar-refractivity contribution in [2.75, 3.05) is 12.8 Å². The quantitative estimate of drug-likeness (QED) is 0.680. The predicted octanol–water partition coefficient (Wildman–Crippen LogP) is 3.97. The summed E-state index contributed by atoms with van der Waals surface area (Å²) in [5, 5.41) is 0. The van der Waals surface area contributed by atoms with Gasteiger partial charge < -0.3 is 10.5 Å². The summed E-state index contributed by atoms with van der Waals surface area (Å²) in [4.78, 5) is 13.4. The molecule has 2 aromatic carbocycles. The minimum Gasteiger partial charge on any atom is -0.465 e. The Bertz CT molecular complexity index is 616. The number of rotatable bonds is 3. The SMILES string of the molecule is COC(=O)c1ccc(N)c(Sc2cccc(Br)c2)c1. The van der Waals surface area contributed by atoms with Crippen LogP contribution in [0, 0.1) is 0 Å². The van der Waals surface area contributed by atoms with E-state index in [9.17, 15) is 4.79 Å². The number of carbonyl (C=O) groups is 1. The van der Waals surface area contributed by atoms with E-state index in [0.717, 1.165) is 14.3 Å². The highest BCUT2D eigenvalue weighted by molar-refractivity contribution is 9.10. The molecule has 0 aliphatic heterocycles. The van der Waals surface area contributed by atoms with Crippen LogP contribution >= 0.6 is 27.7 Å². The standard InChI is InChI=1S/C14H12BrNO2S/c1-18-14(17)9-5-6-12(16)13(7-9)19-11-4-2-3-10(15)8-11/h2-8H,16H2,1H3. The minimum absolute atomic E-state index is 0.365. The van der Waals surface area contributed by atoms with Crippen LogP contribution in [0.2, 0.25) is 0 Å². The van der Waals surface area contributed by atoms with Crippen LogP contribution in [0.15, 0.2) is 56.7 Å². The summed E-state index contributed by atoms with van der Waals surface area (Å²) in [6, 6.07) is 13.0. The van der Waals surface area contributed by atoms with Gasteiger partial charge in [0, 0.05) is 20.0 Å². The number of anilines is 1. The number of benzene rings is 2. The Kier molecular flexibility index (Phi) is 4.50. The number of nitrogens with two attached hydrogens (primary N) is 1. The number of halogens is 1. The third-order valence-electron chi connectivity index (χ3n) is 2.46. The number of ether oxygens (including phenoxy) is 1. The first kappa shape index (κ1) is 14.0. The van der Waals surface area contributed by atoms with Crippen molar-refractivity contribution in [3.8, 4) is 0 Å². The van der Waals surface area contributed by atoms with Gasteiger partial charge in [0.05, 0.1) is 12.7 Å². The van der Waals surface area contributed by atoms with Gasteiger partial charge in [-0.2, -0.15) is 0 Å². The Morgan fingerprint density at radius 2 is 2.05 bits per heavy atom. The zero-order valence-electron chi connectivity index (χ0n) is 10.2. The van der Waals surface area contributed by atoms with E-state index in [0.29, 0.717) is 11.3 Å². The molecule has 2 N–H and O–H groups in total. The fourth-order valence-corrected chi connectivity index (χ4v) is 3.03. The van der Waals surface area contributed by atoms with Crippen molar-refractivity contribution in [2.45, 2.75) is 9.79 Å². The number of carbonyl (C=O) groups excluding carboxylic acids is 1. The molecule has 0 fully saturated rings. The van der Waals surface area contributed by atoms with E-state index in [1.54, 1.807) is 18.2 Å². The summed E-state index contributed by atoms with van der Waals surface area (Å²) in [5.74, 6) is -0.365. The molecule has 0 bridgehead atoms. The van der Waals surface area contributed by atoms with E-state index in [-0.39, 0.29) is 5.97 Å². The molecule has 5 heteroatoms. The maximum atomic E-state index is 11.5. The zero-order chi connectivity index (χ0) is 13.8. The molecule has 0 heterocycles. The van der Waals surface area contributed by atoms with E-state index in [2.05, 4.69) is 15.9 Å². The van der Waals surface area contributed by atoms with Gasteiger partial charge in [-0.25, -0.2) is 4.79 Å². The van der Waals surface area contributed by atoms with Crippen LogP contribution in [-0.2, 0) is 4.74 Å². The van der Waals surface area contributed by atoms with Gasteiger partial charge in [0.1, 0.15) is 0 Å². The van der Waals surface area contributed by atoms with Gasteiger partial charge in [-0.05, 0) is 36.4 Å². The molecule has 0 unspecified atom stereocenters. The van der Waals surface area contributed by atoms with Crippen LogP contribution in [-0.4, -0.2) is 13.1 Å². The van der Waals surface area contributed by atoms with Crippen LogP contribution in [0.4, 0.5) is 5.69 Å². The first-order valence-electron chi connectivity index (χ1n) is 5.51. The van der Waals surface area contributed by atoms with E-state index < -0.39 is 0 Å². The van der Waals surface area contributed by atoms with Crippen molar-refractivity contribution in [1.29, 1.82) is 0 Å². The van der Waals surface area contributed by atoms with Crippen molar-refractivity contribution in [1.82, 2.24) is 0 Å². The molecule has 0 spiro atoms. The Balaban J connectivity index is 2.31. The molecule has 2 rings (SSSR count). The molecule has 0 radical (unpaired) electrons. The average molecular weight is 338 g/mol. The van der Waals surface area contributed by atoms with Gasteiger partial charge in [-0.1, -0.05) is 33.8 Å². The second-order valence-electron chi connectivity index (χ2n) is 3.80. The van der Waals surface area contributed by atoms with Crippen molar-refractivity contribution in [3.63, 3.8) is 0 Å². The summed E-state index contributed by atoms with van der Waals surface area (Å²) in [5.41, 5.74) is 7.06. The van der Waals surface area contributed by atoms with E-state index in [1.165, 1.54) is 18.9 Å². The highest BCUT2D eigenvalue weighted by Crippen LogP contribution is 2.34. The first-order valence-corrected chi connectivity index (χ1v) is 7.12. The fourth-order valence-electron chi connectivity index (χ4n) is 1.53. The average Bonchev–Trinajstić information content (AvgIpc) is 2.40. The van der Waals surface area contributed by atoms with E-state index in [1.807, 2.05) is 24.3 Å². The minimum atomic E-state index is -0.365. The Hall–Kier alpha value is -1.46. The lowest BCUT2D eigenvalue weighted by Crippen LogP contribution is -2.02. The van der Waals surface area contributed by atoms with Crippen molar-refractivity contribution < 1.29 is 9.53 Å². The molecular weight excluding hydrogens is 326 g/mol. The summed E-state index contributed by atoms with van der Waals surface area (Å²) >= 11 is 4.93. The van der Waals surface area contributed by atoms with Crippen LogP contribution in [0.5, 0.6) is 0 Å². The molecule has 2 aromatic rings. The Labute approximate surface area is 124 Å². The van der Waals surface area contributed by atoms with Gasteiger partial charge >= 0.3 is 5.97 Å². The summed E-state index contributed by atoms with van der Waals surface area (Å²) in [6.07, 6.45) is 0. The van der Waals surface area contributed by atoms with Crippen LogP contribution in [0.3, 0.4) is 0 Å². The maximum absolute atomic E-state index is 11.5. The molecule has 0 aliphatic carbocycles. The number of hydrogen-bond donors (Lipinski definition) is 1. The molecule has 3 nitrogen and oxygen atoms in total. The van der Waals surface area contributed by atoms with Crippen molar-refractivity contribution in [3.05, 3.63) is 52.5 Å². The lowest BCUT2D eigenvalue weighted by Gasteiger charge is -2.08. The van der Waals surface area contributed by atoms with Gasteiger partial charge in [0.25, 0.3) is 0 Å². The molecule has 0 saturated heterocycles. The Morgan fingerprint density at radius 1 is 1.26 bits per heavy atom. The lowest BCUT2D eigenvalue weighted by molar-refractivity contribution is 0.0600. The van der Waals surface area contributed by atoms with Crippen LogP contribution in [0.1, 0.15) is 10.4 Å². The van der Waals surface area contributed by atoms with Crippen LogP contribution < -0.4 is 5.73 Å². The third-order valence-corrected chi connectivity index (χ3v) is 4.01.